The maximum Gasteiger partial charge on any atom is 0.307 e. The van der Waals surface area contributed by atoms with Crippen molar-refractivity contribution in [3.05, 3.63) is 29.0 Å². The second-order valence-corrected chi connectivity index (χ2v) is 9.41. The van der Waals surface area contributed by atoms with Crippen LogP contribution in [0, 0.1) is 17.7 Å². The van der Waals surface area contributed by atoms with Gasteiger partial charge in [-0.25, -0.2) is 9.82 Å². The van der Waals surface area contributed by atoms with Gasteiger partial charge in [0.05, 0.1) is 11.1 Å². The number of aliphatic hydroxyl groups is 1. The lowest BCUT2D eigenvalue weighted by molar-refractivity contribution is -0.126. The van der Waals surface area contributed by atoms with Crippen molar-refractivity contribution in [3.8, 4) is 5.75 Å². The highest BCUT2D eigenvalue weighted by Gasteiger charge is 2.48. The highest BCUT2D eigenvalue weighted by molar-refractivity contribution is 6.30. The molecule has 2 bridgehead atoms. The van der Waals surface area contributed by atoms with Gasteiger partial charge in [-0.3, -0.25) is 10.1 Å². The minimum atomic E-state index is -2.71. The lowest BCUT2D eigenvalue weighted by Crippen LogP contribution is -2.63. The van der Waals surface area contributed by atoms with E-state index in [0.29, 0.717) is 24.7 Å². The Labute approximate surface area is 189 Å². The fraction of sp³-hybridized carbons (Fsp3) is 0.667. The van der Waals surface area contributed by atoms with Crippen LogP contribution in [0.4, 0.5) is 13.2 Å². The molecule has 5 rings (SSSR count). The van der Waals surface area contributed by atoms with Crippen LogP contribution in [0.1, 0.15) is 32.6 Å². The molecule has 4 fully saturated rings. The molecule has 1 aliphatic heterocycles. The van der Waals surface area contributed by atoms with E-state index in [1.54, 1.807) is 6.92 Å². The predicted octanol–water partition coefficient (Wildman–Crippen LogP) is 2.24. The van der Waals surface area contributed by atoms with Crippen molar-refractivity contribution in [3.63, 3.8) is 0 Å². The molecule has 4 N–H and O–H groups in total. The Morgan fingerprint density at radius 2 is 2.00 bits per heavy atom. The average Bonchev–Trinajstić information content (AvgIpc) is 3.10. The number of nitrogens with one attached hydrogen (secondary N) is 3. The lowest BCUT2D eigenvalue weighted by Gasteiger charge is -2.52. The topological polar surface area (TPSA) is 85.9 Å². The van der Waals surface area contributed by atoms with Crippen LogP contribution in [0.5, 0.6) is 5.75 Å². The molecule has 0 spiro atoms. The number of benzene rings is 1. The van der Waals surface area contributed by atoms with Gasteiger partial charge >= 0.3 is 6.55 Å². The third-order valence-corrected chi connectivity index (χ3v) is 7.05. The number of fused-ring (bicyclic) bond motifs is 2. The van der Waals surface area contributed by atoms with E-state index in [9.17, 15) is 23.1 Å². The maximum atomic E-state index is 13.5. The normalized spacial score (nSPS) is 33.1. The lowest BCUT2D eigenvalue weighted by atomic mass is 9.60. The number of hydrogen-bond acceptors (Lipinski definition) is 6. The number of alkyl halides is 2. The van der Waals surface area contributed by atoms with Crippen LogP contribution in [0.3, 0.4) is 0 Å². The van der Waals surface area contributed by atoms with E-state index in [2.05, 4.69) is 16.1 Å². The number of halogens is 4. The van der Waals surface area contributed by atoms with Gasteiger partial charge in [0.1, 0.15) is 17.8 Å². The van der Waals surface area contributed by atoms with Crippen molar-refractivity contribution in [2.24, 2.45) is 11.8 Å². The smallest absolute Gasteiger partial charge is 0.307 e. The Hall–Kier alpha value is -1.59. The van der Waals surface area contributed by atoms with Crippen LogP contribution in [0.15, 0.2) is 18.2 Å². The van der Waals surface area contributed by atoms with Crippen molar-refractivity contribution in [2.75, 3.05) is 6.61 Å². The van der Waals surface area contributed by atoms with Gasteiger partial charge in [-0.2, -0.15) is 13.8 Å². The molecule has 3 unspecified atom stereocenters. The molecule has 1 heterocycles. The third-order valence-electron chi connectivity index (χ3n) is 6.75. The molecule has 11 heteroatoms. The Bertz CT molecular complexity index is 829. The van der Waals surface area contributed by atoms with Crippen molar-refractivity contribution >= 4 is 17.5 Å². The number of ether oxygens (including phenoxy) is 1. The first-order valence-electron chi connectivity index (χ1n) is 10.8. The summed E-state index contributed by atoms with van der Waals surface area (Å²) >= 11 is 5.64. The first kappa shape index (κ1) is 23.6. The highest BCUT2D eigenvalue weighted by atomic mass is 35.5. The van der Waals surface area contributed by atoms with Crippen LogP contribution >= 0.6 is 11.6 Å². The van der Waals surface area contributed by atoms with Crippen LogP contribution in [0.2, 0.25) is 5.02 Å². The molecule has 3 saturated carbocycles. The zero-order valence-corrected chi connectivity index (χ0v) is 18.4. The van der Waals surface area contributed by atoms with Gasteiger partial charge in [-0.05, 0) is 56.6 Å². The van der Waals surface area contributed by atoms with E-state index >= 15 is 0 Å². The quantitative estimate of drug-likeness (QED) is 0.340. The Kier molecular flexibility index (Phi) is 7.16. The van der Waals surface area contributed by atoms with Gasteiger partial charge in [-0.1, -0.05) is 11.6 Å². The molecule has 1 aromatic rings. The minimum absolute atomic E-state index is 0.0243. The second-order valence-electron chi connectivity index (χ2n) is 9.00. The summed E-state index contributed by atoms with van der Waals surface area (Å²) in [5, 5.41) is 17.5. The zero-order chi connectivity index (χ0) is 23.0. The van der Waals surface area contributed by atoms with Gasteiger partial charge in [0, 0.05) is 24.2 Å². The number of rotatable bonds is 8. The molecule has 5 atom stereocenters. The summed E-state index contributed by atoms with van der Waals surface area (Å²) in [5.74, 6) is -0.0458. The van der Waals surface area contributed by atoms with Gasteiger partial charge in [0.25, 0.3) is 5.91 Å². The fourth-order valence-electron chi connectivity index (χ4n) is 5.06. The molecule has 0 aromatic heterocycles. The van der Waals surface area contributed by atoms with Gasteiger partial charge in [0.2, 0.25) is 0 Å². The van der Waals surface area contributed by atoms with E-state index in [-0.39, 0.29) is 41.4 Å². The molecule has 4 aliphatic rings. The molecule has 1 aromatic carbocycles. The number of hydrogen-bond donors (Lipinski definition) is 4. The van der Waals surface area contributed by atoms with E-state index in [1.807, 2.05) is 0 Å². The van der Waals surface area contributed by atoms with Crippen LogP contribution in [-0.4, -0.2) is 59.6 Å². The van der Waals surface area contributed by atoms with Crippen molar-refractivity contribution in [1.29, 1.82) is 0 Å². The molecule has 1 amide bonds. The fourth-order valence-corrected chi connectivity index (χ4v) is 5.18. The van der Waals surface area contributed by atoms with E-state index < -0.39 is 24.6 Å². The average molecular weight is 477 g/mol. The predicted molar refractivity (Wildman–Crippen MR) is 111 cm³/mol. The summed E-state index contributed by atoms with van der Waals surface area (Å²) in [5.41, 5.74) is 2.69. The molecular formula is C21H28ClF3N4O3. The van der Waals surface area contributed by atoms with E-state index in [4.69, 9.17) is 16.3 Å². The molecule has 3 aliphatic carbocycles. The summed E-state index contributed by atoms with van der Waals surface area (Å²) < 4.78 is 45.4. The van der Waals surface area contributed by atoms with Crippen LogP contribution < -0.4 is 20.8 Å². The van der Waals surface area contributed by atoms with E-state index in [0.717, 1.165) is 23.9 Å². The second kappa shape index (κ2) is 9.72. The summed E-state index contributed by atoms with van der Waals surface area (Å²) in [4.78, 5) is 12.4. The molecule has 1 saturated heterocycles. The SMILES string of the molecule is CC1CC(C(O)N[C@@H]2C[C@H](NC(=O)COc3ccc(Cl)c(F)c3)C3CC2C3)N(C(F)F)N1. The third kappa shape index (κ3) is 5.14. The van der Waals surface area contributed by atoms with Crippen LogP contribution in [0.25, 0.3) is 0 Å². The summed E-state index contributed by atoms with van der Waals surface area (Å²) in [6.45, 7) is -1.17. The van der Waals surface area contributed by atoms with Gasteiger partial charge in [-0.15, -0.1) is 0 Å². The largest absolute Gasteiger partial charge is 0.484 e. The number of hydrazine groups is 1. The summed E-state index contributed by atoms with van der Waals surface area (Å²) in [6, 6.07) is 2.90. The Morgan fingerprint density at radius 3 is 2.69 bits per heavy atom. The first-order valence-corrected chi connectivity index (χ1v) is 11.2. The van der Waals surface area contributed by atoms with Gasteiger partial charge < -0.3 is 15.2 Å². The standard InChI is InChI=1S/C21H28ClF3N4O3/c1-10-4-18(29(28-10)21(24)25)20(31)27-17-8-16(11-5-12(17)6-11)26-19(30)9-32-13-2-3-14(22)15(23)7-13/h2-3,7,10-12,16-18,20-21,27-28,31H,4-6,8-9H2,1H3,(H,26,30)/t10?,11?,12?,16-,17+,18?,20?/m0/s1. The minimum Gasteiger partial charge on any atom is -0.484 e. The number of carbonyl (C=O) groups excluding carboxylic acids is 1. The Morgan fingerprint density at radius 1 is 1.28 bits per heavy atom. The first-order chi connectivity index (χ1) is 15.2. The Balaban J connectivity index is 1.28. The van der Waals surface area contributed by atoms with Crippen molar-refractivity contribution in [2.45, 2.75) is 69.6 Å². The molecule has 0 radical (unpaired) electrons. The summed E-state index contributed by atoms with van der Waals surface area (Å²) in [7, 11) is 0. The molecule has 7 nitrogen and oxygen atoms in total. The number of nitrogens with zero attached hydrogens (tertiary/aromatic N) is 1. The molecular weight excluding hydrogens is 449 g/mol. The highest BCUT2D eigenvalue weighted by Crippen LogP contribution is 2.46. The number of carbonyl (C=O) groups is 1. The number of amides is 1. The monoisotopic (exact) mass is 476 g/mol. The van der Waals surface area contributed by atoms with Crippen LogP contribution in [-0.2, 0) is 4.79 Å². The maximum absolute atomic E-state index is 13.5. The molecule has 32 heavy (non-hydrogen) atoms. The van der Waals surface area contributed by atoms with Crippen molar-refractivity contribution < 1.29 is 27.8 Å². The summed E-state index contributed by atoms with van der Waals surface area (Å²) in [6.07, 6.45) is 1.69. The van der Waals surface area contributed by atoms with E-state index in [1.165, 1.54) is 12.1 Å². The molecule has 178 valence electrons. The number of aliphatic hydroxyl groups excluding tert-OH is 1. The zero-order valence-electron chi connectivity index (χ0n) is 17.6. The van der Waals surface area contributed by atoms with Crippen molar-refractivity contribution in [1.82, 2.24) is 21.1 Å². The van der Waals surface area contributed by atoms with Gasteiger partial charge in [0.15, 0.2) is 6.61 Å².